The molecule has 1 fully saturated rings. The summed E-state index contributed by atoms with van der Waals surface area (Å²) >= 11 is 1.49. The Morgan fingerprint density at radius 1 is 1.47 bits per heavy atom. The van der Waals surface area contributed by atoms with Gasteiger partial charge in [0.2, 0.25) is 5.88 Å². The summed E-state index contributed by atoms with van der Waals surface area (Å²) in [5.41, 5.74) is 0.527. The smallest absolute Gasteiger partial charge is 0.273 e. The molecule has 0 aromatic carbocycles. The molecule has 0 aliphatic carbocycles. The summed E-state index contributed by atoms with van der Waals surface area (Å²) in [6, 6.07) is 5.53. The van der Waals surface area contributed by atoms with Gasteiger partial charge in [-0.2, -0.15) is 0 Å². The molecule has 98 valence electrons. The molecule has 0 unspecified atom stereocenters. The molecule has 3 rings (SSSR count). The molecular weight excluding hydrogens is 262 g/mol. The van der Waals surface area contributed by atoms with Gasteiger partial charge in [-0.3, -0.25) is 4.79 Å². The van der Waals surface area contributed by atoms with Crippen LogP contribution >= 0.6 is 11.3 Å². The Bertz CT molecular complexity index is 579. The van der Waals surface area contributed by atoms with E-state index in [1.54, 1.807) is 16.5 Å². The normalized spacial score (nSPS) is 15.1. The zero-order valence-corrected chi connectivity index (χ0v) is 11.3. The van der Waals surface area contributed by atoms with Gasteiger partial charge < -0.3 is 9.64 Å². The molecule has 3 heterocycles. The van der Waals surface area contributed by atoms with E-state index in [-0.39, 0.29) is 12.0 Å². The molecule has 1 amide bonds. The van der Waals surface area contributed by atoms with E-state index >= 15 is 0 Å². The third-order valence-corrected chi connectivity index (χ3v) is 3.67. The third-order valence-electron chi connectivity index (χ3n) is 2.90. The van der Waals surface area contributed by atoms with E-state index in [0.29, 0.717) is 24.7 Å². The molecule has 19 heavy (non-hydrogen) atoms. The standard InChI is InChI=1S/C13H13N3O2S/c1-9-15-11(8-19-9)13(17)16-6-10(7-16)18-12-4-2-3-5-14-12/h2-5,8,10H,6-7H2,1H3. The Morgan fingerprint density at radius 3 is 2.95 bits per heavy atom. The Kier molecular flexibility index (Phi) is 3.16. The highest BCUT2D eigenvalue weighted by Crippen LogP contribution is 2.19. The molecular formula is C13H13N3O2S. The molecule has 0 atom stereocenters. The third kappa shape index (κ3) is 2.58. The second kappa shape index (κ2) is 4.97. The number of thiazole rings is 1. The summed E-state index contributed by atoms with van der Waals surface area (Å²) in [6.45, 7) is 3.07. The number of carbonyl (C=O) groups excluding carboxylic acids is 1. The van der Waals surface area contributed by atoms with E-state index in [0.717, 1.165) is 5.01 Å². The quantitative estimate of drug-likeness (QED) is 0.856. The molecule has 0 N–H and O–H groups in total. The predicted molar refractivity (Wildman–Crippen MR) is 71.4 cm³/mol. The van der Waals surface area contributed by atoms with E-state index in [1.165, 1.54) is 11.3 Å². The average Bonchev–Trinajstić information content (AvgIpc) is 2.80. The van der Waals surface area contributed by atoms with Crippen molar-refractivity contribution in [3.63, 3.8) is 0 Å². The lowest BCUT2D eigenvalue weighted by molar-refractivity contribution is 0.0156. The summed E-state index contributed by atoms with van der Waals surface area (Å²) < 4.78 is 5.65. The predicted octanol–water partition coefficient (Wildman–Crippen LogP) is 1.75. The first-order chi connectivity index (χ1) is 9.22. The maximum atomic E-state index is 12.0. The molecule has 6 heteroatoms. The lowest BCUT2D eigenvalue weighted by Gasteiger charge is -2.38. The average molecular weight is 275 g/mol. The first-order valence-electron chi connectivity index (χ1n) is 6.01. The zero-order valence-electron chi connectivity index (χ0n) is 10.4. The second-order valence-corrected chi connectivity index (χ2v) is 5.43. The first kappa shape index (κ1) is 12.1. The Balaban J connectivity index is 1.54. The molecule has 2 aromatic rings. The van der Waals surface area contributed by atoms with Crippen molar-refractivity contribution in [1.82, 2.24) is 14.9 Å². The van der Waals surface area contributed by atoms with Crippen molar-refractivity contribution >= 4 is 17.2 Å². The molecule has 0 bridgehead atoms. The van der Waals surface area contributed by atoms with Crippen molar-refractivity contribution in [2.24, 2.45) is 0 Å². The van der Waals surface area contributed by atoms with Gasteiger partial charge in [-0.05, 0) is 13.0 Å². The number of nitrogens with zero attached hydrogens (tertiary/aromatic N) is 3. The SMILES string of the molecule is Cc1nc(C(=O)N2CC(Oc3ccccn3)C2)cs1. The van der Waals surface area contributed by atoms with Crippen LogP contribution in [0.3, 0.4) is 0 Å². The van der Waals surface area contributed by atoms with Gasteiger partial charge in [0, 0.05) is 17.6 Å². The minimum absolute atomic E-state index is 0.0229. The van der Waals surface area contributed by atoms with Gasteiger partial charge in [0.25, 0.3) is 5.91 Å². The molecule has 1 saturated heterocycles. The van der Waals surface area contributed by atoms with Crippen LogP contribution in [0.1, 0.15) is 15.5 Å². The largest absolute Gasteiger partial charge is 0.471 e. The minimum Gasteiger partial charge on any atom is -0.471 e. The van der Waals surface area contributed by atoms with Crippen LogP contribution in [0.15, 0.2) is 29.8 Å². The van der Waals surface area contributed by atoms with Gasteiger partial charge in [-0.25, -0.2) is 9.97 Å². The van der Waals surface area contributed by atoms with Crippen LogP contribution in [0.4, 0.5) is 0 Å². The molecule has 0 radical (unpaired) electrons. The van der Waals surface area contributed by atoms with Gasteiger partial charge in [0.1, 0.15) is 11.8 Å². The van der Waals surface area contributed by atoms with E-state index in [1.807, 2.05) is 25.1 Å². The highest BCUT2D eigenvalue weighted by atomic mass is 32.1. The number of hydrogen-bond acceptors (Lipinski definition) is 5. The highest BCUT2D eigenvalue weighted by Gasteiger charge is 2.33. The maximum Gasteiger partial charge on any atom is 0.273 e. The van der Waals surface area contributed by atoms with Crippen LogP contribution in [-0.2, 0) is 0 Å². The minimum atomic E-state index is -0.0229. The van der Waals surface area contributed by atoms with E-state index in [2.05, 4.69) is 9.97 Å². The van der Waals surface area contributed by atoms with Crippen molar-refractivity contribution in [2.45, 2.75) is 13.0 Å². The molecule has 1 aliphatic rings. The Hall–Kier alpha value is -1.95. The molecule has 1 aliphatic heterocycles. The van der Waals surface area contributed by atoms with Gasteiger partial charge in [0.05, 0.1) is 18.1 Å². The second-order valence-electron chi connectivity index (χ2n) is 4.37. The Morgan fingerprint density at radius 2 is 2.32 bits per heavy atom. The monoisotopic (exact) mass is 275 g/mol. The highest BCUT2D eigenvalue weighted by molar-refractivity contribution is 7.09. The van der Waals surface area contributed by atoms with Crippen LogP contribution in [0.2, 0.25) is 0 Å². The number of pyridine rings is 1. The van der Waals surface area contributed by atoms with Crippen LogP contribution in [0.5, 0.6) is 5.88 Å². The number of amides is 1. The van der Waals surface area contributed by atoms with E-state index in [9.17, 15) is 4.79 Å². The van der Waals surface area contributed by atoms with E-state index < -0.39 is 0 Å². The maximum absolute atomic E-state index is 12.0. The zero-order chi connectivity index (χ0) is 13.2. The van der Waals surface area contributed by atoms with Crippen LogP contribution in [0, 0.1) is 6.92 Å². The van der Waals surface area contributed by atoms with Crippen molar-refractivity contribution in [3.05, 3.63) is 40.5 Å². The summed E-state index contributed by atoms with van der Waals surface area (Å²) in [5, 5.41) is 2.70. The lowest BCUT2D eigenvalue weighted by Crippen LogP contribution is -2.56. The summed E-state index contributed by atoms with van der Waals surface area (Å²) in [5.74, 6) is 0.578. The van der Waals surface area contributed by atoms with Gasteiger partial charge >= 0.3 is 0 Å². The van der Waals surface area contributed by atoms with Crippen molar-refractivity contribution in [2.75, 3.05) is 13.1 Å². The number of aryl methyl sites for hydroxylation is 1. The number of rotatable bonds is 3. The number of ether oxygens (including phenoxy) is 1. The molecule has 2 aromatic heterocycles. The van der Waals surface area contributed by atoms with Crippen LogP contribution < -0.4 is 4.74 Å². The van der Waals surface area contributed by atoms with Gasteiger partial charge in [0.15, 0.2) is 0 Å². The Labute approximate surface area is 114 Å². The first-order valence-corrected chi connectivity index (χ1v) is 6.89. The van der Waals surface area contributed by atoms with Crippen molar-refractivity contribution < 1.29 is 9.53 Å². The van der Waals surface area contributed by atoms with Crippen LogP contribution in [0.25, 0.3) is 0 Å². The molecule has 5 nitrogen and oxygen atoms in total. The summed E-state index contributed by atoms with van der Waals surface area (Å²) in [6.07, 6.45) is 1.72. The fraction of sp³-hybridized carbons (Fsp3) is 0.308. The van der Waals surface area contributed by atoms with Gasteiger partial charge in [-0.1, -0.05) is 6.07 Å². The molecule has 0 spiro atoms. The van der Waals surface area contributed by atoms with Crippen molar-refractivity contribution in [1.29, 1.82) is 0 Å². The van der Waals surface area contributed by atoms with Crippen molar-refractivity contribution in [3.8, 4) is 5.88 Å². The topological polar surface area (TPSA) is 55.3 Å². The molecule has 0 saturated carbocycles. The number of aromatic nitrogens is 2. The number of carbonyl (C=O) groups is 1. The lowest BCUT2D eigenvalue weighted by atomic mass is 10.1. The summed E-state index contributed by atoms with van der Waals surface area (Å²) in [4.78, 5) is 22.1. The van der Waals surface area contributed by atoms with Crippen LogP contribution in [-0.4, -0.2) is 40.0 Å². The van der Waals surface area contributed by atoms with E-state index in [4.69, 9.17) is 4.74 Å². The number of hydrogen-bond donors (Lipinski definition) is 0. The summed E-state index contributed by atoms with van der Waals surface area (Å²) in [7, 11) is 0. The fourth-order valence-corrected chi connectivity index (χ4v) is 2.48. The van der Waals surface area contributed by atoms with Gasteiger partial charge in [-0.15, -0.1) is 11.3 Å². The number of likely N-dealkylation sites (tertiary alicyclic amines) is 1. The fourth-order valence-electron chi connectivity index (χ4n) is 1.89.